The van der Waals surface area contributed by atoms with Crippen molar-refractivity contribution in [2.24, 2.45) is 0 Å². The maximum Gasteiger partial charge on any atom is 0.264 e. The Morgan fingerprint density at radius 3 is 2.46 bits per heavy atom. The summed E-state index contributed by atoms with van der Waals surface area (Å²) in [4.78, 5) is 27.0. The molecule has 1 aliphatic rings. The van der Waals surface area contributed by atoms with E-state index in [1.807, 2.05) is 17.7 Å². The summed E-state index contributed by atoms with van der Waals surface area (Å²) in [5, 5.41) is 1.16. The summed E-state index contributed by atoms with van der Waals surface area (Å²) >= 11 is 18.2. The van der Waals surface area contributed by atoms with Gasteiger partial charge in [0.25, 0.3) is 15.9 Å². The zero-order valence-electron chi connectivity index (χ0n) is 18.3. The van der Waals surface area contributed by atoms with E-state index >= 15 is 0 Å². The second kappa shape index (κ2) is 10.0. The number of halogens is 3. The first-order valence-electron chi connectivity index (χ1n) is 10.5. The third-order valence-corrected chi connectivity index (χ3v) is 7.74. The number of para-hydroxylation sites is 1. The van der Waals surface area contributed by atoms with Gasteiger partial charge in [0.15, 0.2) is 0 Å². The van der Waals surface area contributed by atoms with Gasteiger partial charge < -0.3 is 4.90 Å². The quantitative estimate of drug-likeness (QED) is 0.393. The van der Waals surface area contributed by atoms with Crippen molar-refractivity contribution in [1.82, 2.24) is 4.72 Å². The molecule has 3 aromatic carbocycles. The van der Waals surface area contributed by atoms with Crippen molar-refractivity contribution < 1.29 is 18.0 Å². The summed E-state index contributed by atoms with van der Waals surface area (Å²) in [5.74, 6) is -1.34. The number of hydrogen-bond acceptors (Lipinski definition) is 4. The molecule has 1 aliphatic heterocycles. The molecule has 0 spiro atoms. The van der Waals surface area contributed by atoms with E-state index in [4.69, 9.17) is 34.8 Å². The Morgan fingerprint density at radius 2 is 1.74 bits per heavy atom. The Hall–Kier alpha value is -2.84. The smallest absolute Gasteiger partial charge is 0.264 e. The number of anilines is 1. The molecule has 6 nitrogen and oxygen atoms in total. The van der Waals surface area contributed by atoms with E-state index in [-0.39, 0.29) is 28.3 Å². The van der Waals surface area contributed by atoms with Gasteiger partial charge in [-0.1, -0.05) is 65.1 Å². The van der Waals surface area contributed by atoms with Crippen molar-refractivity contribution in [3.8, 4) is 0 Å². The molecule has 180 valence electrons. The Bertz CT molecular complexity index is 1470. The van der Waals surface area contributed by atoms with E-state index in [9.17, 15) is 18.0 Å². The molecule has 0 aliphatic carbocycles. The van der Waals surface area contributed by atoms with E-state index in [0.717, 1.165) is 11.6 Å². The summed E-state index contributed by atoms with van der Waals surface area (Å²) in [5.41, 5.74) is 2.74. The first-order chi connectivity index (χ1) is 16.6. The number of nitrogens with one attached hydrogen (secondary N) is 1. The van der Waals surface area contributed by atoms with Gasteiger partial charge in [-0.15, -0.1) is 0 Å². The molecule has 0 bridgehead atoms. The van der Waals surface area contributed by atoms with Crippen LogP contribution in [0.1, 0.15) is 29.5 Å². The highest BCUT2D eigenvalue weighted by molar-refractivity contribution is 7.90. The number of rotatable bonds is 6. The van der Waals surface area contributed by atoms with Crippen molar-refractivity contribution in [2.45, 2.75) is 24.3 Å². The molecule has 1 N–H and O–H groups in total. The first-order valence-corrected chi connectivity index (χ1v) is 13.1. The standard InChI is InChI=1S/C25H19Cl3N2O4S/c1-15-21-7-2-4-16(9-11-23(31)29-35(33,34)20-6-3-5-18(26)12-20)24(21)30(25(15)32)14-17-8-10-19(27)13-22(17)28/h2-13,15H,14H2,1H3,(H,29,31)/b11-9+. The molecule has 4 rings (SSSR count). The van der Waals surface area contributed by atoms with Crippen LogP contribution in [0.15, 0.2) is 71.6 Å². The van der Waals surface area contributed by atoms with Gasteiger partial charge in [0.2, 0.25) is 5.91 Å². The lowest BCUT2D eigenvalue weighted by molar-refractivity contribution is -0.119. The zero-order chi connectivity index (χ0) is 25.3. The Kier molecular flexibility index (Phi) is 7.24. The molecule has 35 heavy (non-hydrogen) atoms. The normalized spacial score (nSPS) is 15.5. The molecule has 0 saturated heterocycles. The van der Waals surface area contributed by atoms with Crippen LogP contribution in [0.25, 0.3) is 6.08 Å². The number of benzene rings is 3. The molecular formula is C25H19Cl3N2O4S. The third-order valence-electron chi connectivity index (χ3n) is 5.57. The number of fused-ring (bicyclic) bond motifs is 1. The lowest BCUT2D eigenvalue weighted by Gasteiger charge is -2.20. The second-order valence-corrected chi connectivity index (χ2v) is 10.9. The van der Waals surface area contributed by atoms with Crippen LogP contribution in [-0.4, -0.2) is 20.2 Å². The molecule has 0 fully saturated rings. The fraction of sp³-hybridized carbons (Fsp3) is 0.120. The summed E-state index contributed by atoms with van der Waals surface area (Å²) in [6.07, 6.45) is 2.59. The highest BCUT2D eigenvalue weighted by atomic mass is 35.5. The van der Waals surface area contributed by atoms with E-state index in [1.54, 1.807) is 35.2 Å². The molecule has 1 heterocycles. The van der Waals surface area contributed by atoms with Crippen molar-refractivity contribution in [2.75, 3.05) is 4.90 Å². The number of carbonyl (C=O) groups is 2. The predicted octanol–water partition coefficient (Wildman–Crippen LogP) is 5.82. The van der Waals surface area contributed by atoms with Crippen LogP contribution < -0.4 is 9.62 Å². The number of carbonyl (C=O) groups excluding carboxylic acids is 2. The van der Waals surface area contributed by atoms with Crippen LogP contribution in [0.2, 0.25) is 15.1 Å². The van der Waals surface area contributed by atoms with Crippen LogP contribution in [0.4, 0.5) is 5.69 Å². The van der Waals surface area contributed by atoms with Gasteiger partial charge in [0.05, 0.1) is 23.0 Å². The van der Waals surface area contributed by atoms with Gasteiger partial charge in [-0.25, -0.2) is 13.1 Å². The van der Waals surface area contributed by atoms with E-state index in [2.05, 4.69) is 0 Å². The lowest BCUT2D eigenvalue weighted by Crippen LogP contribution is -2.29. The molecule has 10 heteroatoms. The van der Waals surface area contributed by atoms with Crippen LogP contribution in [-0.2, 0) is 26.2 Å². The summed E-state index contributed by atoms with van der Waals surface area (Å²) in [6, 6.07) is 16.0. The van der Waals surface area contributed by atoms with E-state index < -0.39 is 15.9 Å². The monoisotopic (exact) mass is 548 g/mol. The molecule has 0 saturated carbocycles. The Balaban J connectivity index is 1.61. The van der Waals surface area contributed by atoms with Crippen molar-refractivity contribution in [3.63, 3.8) is 0 Å². The van der Waals surface area contributed by atoms with Crippen molar-refractivity contribution >= 4 is 68.4 Å². The highest BCUT2D eigenvalue weighted by Gasteiger charge is 2.35. The van der Waals surface area contributed by atoms with Crippen LogP contribution in [0, 0.1) is 0 Å². The minimum atomic E-state index is -4.10. The van der Waals surface area contributed by atoms with Gasteiger partial charge in [0.1, 0.15) is 0 Å². The summed E-state index contributed by atoms with van der Waals surface area (Å²) < 4.78 is 27.0. The summed E-state index contributed by atoms with van der Waals surface area (Å²) in [7, 11) is -4.10. The maximum absolute atomic E-state index is 13.1. The van der Waals surface area contributed by atoms with Crippen LogP contribution in [0.5, 0.6) is 0 Å². The maximum atomic E-state index is 13.1. The topological polar surface area (TPSA) is 83.6 Å². The SMILES string of the molecule is CC1C(=O)N(Cc2ccc(Cl)cc2Cl)c2c(/C=C/C(=O)NS(=O)(=O)c3cccc(Cl)c3)cccc21. The minimum absolute atomic E-state index is 0.111. The van der Waals surface area contributed by atoms with Gasteiger partial charge in [0, 0.05) is 21.1 Å². The molecule has 2 amide bonds. The fourth-order valence-electron chi connectivity index (χ4n) is 3.85. The van der Waals surface area contributed by atoms with Crippen molar-refractivity contribution in [1.29, 1.82) is 0 Å². The Morgan fingerprint density at radius 1 is 1.03 bits per heavy atom. The summed E-state index contributed by atoms with van der Waals surface area (Å²) in [6.45, 7) is 2.02. The first kappa shape index (κ1) is 25.3. The average molecular weight is 550 g/mol. The van der Waals surface area contributed by atoms with E-state index in [1.165, 1.54) is 30.3 Å². The van der Waals surface area contributed by atoms with E-state index in [0.29, 0.717) is 26.9 Å². The number of nitrogens with zero attached hydrogens (tertiary/aromatic N) is 1. The van der Waals surface area contributed by atoms with Gasteiger partial charge >= 0.3 is 0 Å². The molecule has 3 aromatic rings. The largest absolute Gasteiger partial charge is 0.307 e. The number of hydrogen-bond donors (Lipinski definition) is 1. The Labute approximate surface area is 218 Å². The van der Waals surface area contributed by atoms with Gasteiger partial charge in [-0.2, -0.15) is 0 Å². The predicted molar refractivity (Wildman–Crippen MR) is 138 cm³/mol. The molecule has 1 atom stereocenters. The zero-order valence-corrected chi connectivity index (χ0v) is 21.4. The molecule has 1 unspecified atom stereocenters. The molecule has 0 aromatic heterocycles. The average Bonchev–Trinajstić information content (AvgIpc) is 3.04. The molecule has 0 radical (unpaired) electrons. The fourth-order valence-corrected chi connectivity index (χ4v) is 5.57. The van der Waals surface area contributed by atoms with Crippen LogP contribution >= 0.6 is 34.8 Å². The highest BCUT2D eigenvalue weighted by Crippen LogP contribution is 2.41. The van der Waals surface area contributed by atoms with Crippen LogP contribution in [0.3, 0.4) is 0 Å². The van der Waals surface area contributed by atoms with Gasteiger partial charge in [-0.3, -0.25) is 9.59 Å². The number of sulfonamides is 1. The minimum Gasteiger partial charge on any atom is -0.307 e. The number of amides is 2. The second-order valence-electron chi connectivity index (χ2n) is 7.93. The lowest BCUT2D eigenvalue weighted by atomic mass is 10.00. The third kappa shape index (κ3) is 5.38. The van der Waals surface area contributed by atoms with Crippen molar-refractivity contribution in [3.05, 3.63) is 98.5 Å². The van der Waals surface area contributed by atoms with Gasteiger partial charge in [-0.05, 0) is 60.0 Å². The molecular weight excluding hydrogens is 531 g/mol.